The van der Waals surface area contributed by atoms with Gasteiger partial charge in [-0.15, -0.1) is 0 Å². The van der Waals surface area contributed by atoms with Crippen LogP contribution in [0.3, 0.4) is 0 Å². The second-order valence-corrected chi connectivity index (χ2v) is 8.26. The number of carbonyl (C=O) groups excluding carboxylic acids is 2. The van der Waals surface area contributed by atoms with E-state index in [0.29, 0.717) is 26.5 Å². The quantitative estimate of drug-likeness (QED) is 0.232. The van der Waals surface area contributed by atoms with Crippen LogP contribution in [-0.4, -0.2) is 29.6 Å². The first kappa shape index (κ1) is 24.9. The van der Waals surface area contributed by atoms with Gasteiger partial charge in [-0.1, -0.05) is 17.7 Å². The highest BCUT2D eigenvalue weighted by atomic mass is 79.9. The van der Waals surface area contributed by atoms with Crippen LogP contribution in [0.15, 0.2) is 70.2 Å². The van der Waals surface area contributed by atoms with Crippen LogP contribution in [0.25, 0.3) is 0 Å². The van der Waals surface area contributed by atoms with Crippen molar-refractivity contribution in [3.8, 4) is 5.75 Å². The summed E-state index contributed by atoms with van der Waals surface area (Å²) in [7, 11) is 0. The van der Waals surface area contributed by atoms with E-state index in [1.54, 1.807) is 30.3 Å². The number of hydrogen-bond acceptors (Lipinski definition) is 6. The van der Waals surface area contributed by atoms with E-state index in [0.717, 1.165) is 5.56 Å². The molecule has 9 nitrogen and oxygen atoms in total. The first-order valence-corrected chi connectivity index (χ1v) is 11.0. The van der Waals surface area contributed by atoms with Crippen molar-refractivity contribution in [3.05, 3.63) is 97.0 Å². The van der Waals surface area contributed by atoms with E-state index in [4.69, 9.17) is 16.3 Å². The molecule has 0 spiro atoms. The van der Waals surface area contributed by atoms with Gasteiger partial charge in [0.25, 0.3) is 17.5 Å². The molecule has 3 aromatic rings. The molecule has 0 unspecified atom stereocenters. The SMILES string of the molecule is Cc1ccc(NC(=O)COc2ccc(/C=N/NC(=O)c3ccc([N+](=O)[O-])cc3)cc2Br)cc1Cl. The third-order valence-electron chi connectivity index (χ3n) is 4.49. The summed E-state index contributed by atoms with van der Waals surface area (Å²) >= 11 is 9.44. The van der Waals surface area contributed by atoms with Gasteiger partial charge in [0, 0.05) is 28.4 Å². The van der Waals surface area contributed by atoms with Gasteiger partial charge < -0.3 is 10.1 Å². The molecule has 0 fully saturated rings. The van der Waals surface area contributed by atoms with Gasteiger partial charge in [-0.2, -0.15) is 5.10 Å². The molecular formula is C23H18BrClN4O5. The number of hydrazone groups is 1. The van der Waals surface area contributed by atoms with Crippen LogP contribution in [-0.2, 0) is 4.79 Å². The number of rotatable bonds is 8. The number of benzene rings is 3. The summed E-state index contributed by atoms with van der Waals surface area (Å²) in [5.41, 5.74) is 4.62. The van der Waals surface area contributed by atoms with Crippen LogP contribution < -0.4 is 15.5 Å². The standard InChI is InChI=1S/C23H18BrClN4O5/c1-14-2-6-17(11-20(14)25)27-22(30)13-34-21-9-3-15(10-19(21)24)12-26-28-23(31)16-4-7-18(8-5-16)29(32)33/h2-12H,13H2,1H3,(H,27,30)(H,28,31)/b26-12+. The molecule has 0 aromatic heterocycles. The predicted octanol–water partition coefficient (Wildman–Crippen LogP) is 5.10. The molecule has 174 valence electrons. The number of nitro groups is 1. The lowest BCUT2D eigenvalue weighted by Crippen LogP contribution is -2.20. The average Bonchev–Trinajstić information content (AvgIpc) is 2.81. The van der Waals surface area contributed by atoms with Crippen molar-refractivity contribution in [2.75, 3.05) is 11.9 Å². The van der Waals surface area contributed by atoms with E-state index >= 15 is 0 Å². The van der Waals surface area contributed by atoms with Gasteiger partial charge in [0.15, 0.2) is 6.61 Å². The Bertz CT molecular complexity index is 1260. The van der Waals surface area contributed by atoms with E-state index in [-0.39, 0.29) is 23.8 Å². The maximum Gasteiger partial charge on any atom is 0.271 e. The predicted molar refractivity (Wildman–Crippen MR) is 133 cm³/mol. The minimum Gasteiger partial charge on any atom is -0.483 e. The summed E-state index contributed by atoms with van der Waals surface area (Å²) in [5.74, 6) is -0.401. The second kappa shape index (κ2) is 11.4. The Hall–Kier alpha value is -3.76. The maximum absolute atomic E-state index is 12.1. The fourth-order valence-electron chi connectivity index (χ4n) is 2.69. The molecular weight excluding hydrogens is 528 g/mol. The van der Waals surface area contributed by atoms with Crippen molar-refractivity contribution >= 4 is 56.9 Å². The molecule has 0 atom stereocenters. The fourth-order valence-corrected chi connectivity index (χ4v) is 3.38. The molecule has 3 rings (SSSR count). The lowest BCUT2D eigenvalue weighted by atomic mass is 10.2. The number of halogens is 2. The summed E-state index contributed by atoms with van der Waals surface area (Å²) in [4.78, 5) is 34.4. The Morgan fingerprint density at radius 1 is 1.15 bits per heavy atom. The zero-order chi connectivity index (χ0) is 24.7. The molecule has 0 bridgehead atoms. The van der Waals surface area contributed by atoms with E-state index in [1.165, 1.54) is 30.5 Å². The highest BCUT2D eigenvalue weighted by Gasteiger charge is 2.10. The van der Waals surface area contributed by atoms with Gasteiger partial charge >= 0.3 is 0 Å². The Kier molecular flexibility index (Phi) is 8.34. The van der Waals surface area contributed by atoms with E-state index in [2.05, 4.69) is 31.8 Å². The van der Waals surface area contributed by atoms with Gasteiger partial charge in [0.1, 0.15) is 5.75 Å². The van der Waals surface area contributed by atoms with Gasteiger partial charge in [-0.05, 0) is 76.4 Å². The van der Waals surface area contributed by atoms with E-state index in [1.807, 2.05) is 13.0 Å². The summed E-state index contributed by atoms with van der Waals surface area (Å²) in [5, 5.41) is 17.8. The van der Waals surface area contributed by atoms with Crippen molar-refractivity contribution < 1.29 is 19.2 Å². The molecule has 11 heteroatoms. The normalized spacial score (nSPS) is 10.7. The molecule has 34 heavy (non-hydrogen) atoms. The number of ether oxygens (including phenoxy) is 1. The number of non-ortho nitro benzene ring substituents is 1. The van der Waals surface area contributed by atoms with Crippen LogP contribution in [0.5, 0.6) is 5.75 Å². The molecule has 0 aliphatic heterocycles. The third-order valence-corrected chi connectivity index (χ3v) is 5.52. The van der Waals surface area contributed by atoms with Crippen LogP contribution in [0.1, 0.15) is 21.5 Å². The van der Waals surface area contributed by atoms with Crippen molar-refractivity contribution in [3.63, 3.8) is 0 Å². The number of nitrogens with one attached hydrogen (secondary N) is 2. The lowest BCUT2D eigenvalue weighted by molar-refractivity contribution is -0.384. The number of nitro benzene ring substituents is 1. The van der Waals surface area contributed by atoms with E-state index in [9.17, 15) is 19.7 Å². The summed E-state index contributed by atoms with van der Waals surface area (Å²) in [6.45, 7) is 1.67. The Balaban J connectivity index is 1.52. The number of anilines is 1. The highest BCUT2D eigenvalue weighted by molar-refractivity contribution is 9.10. The van der Waals surface area contributed by atoms with Crippen molar-refractivity contribution in [1.82, 2.24) is 5.43 Å². The minimum atomic E-state index is -0.544. The first-order valence-electron chi connectivity index (χ1n) is 9.79. The van der Waals surface area contributed by atoms with Crippen molar-refractivity contribution in [2.24, 2.45) is 5.10 Å². The molecule has 0 radical (unpaired) electrons. The van der Waals surface area contributed by atoms with Gasteiger partial charge in [-0.3, -0.25) is 19.7 Å². The number of aryl methyl sites for hydroxylation is 1. The topological polar surface area (TPSA) is 123 Å². The summed E-state index contributed by atoms with van der Waals surface area (Å²) < 4.78 is 6.14. The second-order valence-electron chi connectivity index (χ2n) is 6.99. The Morgan fingerprint density at radius 3 is 2.53 bits per heavy atom. The minimum absolute atomic E-state index is 0.107. The van der Waals surface area contributed by atoms with Gasteiger partial charge in [0.2, 0.25) is 0 Å². The smallest absolute Gasteiger partial charge is 0.271 e. The largest absolute Gasteiger partial charge is 0.483 e. The maximum atomic E-state index is 12.1. The summed E-state index contributed by atoms with van der Waals surface area (Å²) in [6.07, 6.45) is 1.42. The lowest BCUT2D eigenvalue weighted by Gasteiger charge is -2.10. The zero-order valence-electron chi connectivity index (χ0n) is 17.7. The van der Waals surface area contributed by atoms with Gasteiger partial charge in [0.05, 0.1) is 15.6 Å². The van der Waals surface area contributed by atoms with Crippen LogP contribution in [0, 0.1) is 17.0 Å². The number of amides is 2. The Labute approximate surface area is 208 Å². The molecule has 0 aliphatic carbocycles. The molecule has 0 heterocycles. The number of carbonyl (C=O) groups is 2. The zero-order valence-corrected chi connectivity index (χ0v) is 20.1. The first-order chi connectivity index (χ1) is 16.2. The number of nitrogens with zero attached hydrogens (tertiary/aromatic N) is 2. The van der Waals surface area contributed by atoms with Crippen LogP contribution >= 0.6 is 27.5 Å². The highest BCUT2D eigenvalue weighted by Crippen LogP contribution is 2.26. The van der Waals surface area contributed by atoms with Crippen LogP contribution in [0.2, 0.25) is 5.02 Å². The average molecular weight is 546 g/mol. The monoisotopic (exact) mass is 544 g/mol. The molecule has 0 saturated heterocycles. The van der Waals surface area contributed by atoms with Crippen LogP contribution in [0.4, 0.5) is 11.4 Å². The summed E-state index contributed by atoms with van der Waals surface area (Å²) in [6, 6.07) is 15.4. The molecule has 2 amide bonds. The third kappa shape index (κ3) is 6.87. The molecule has 3 aromatic carbocycles. The van der Waals surface area contributed by atoms with E-state index < -0.39 is 10.8 Å². The fraction of sp³-hybridized carbons (Fsp3) is 0.0870. The van der Waals surface area contributed by atoms with Gasteiger partial charge in [-0.25, -0.2) is 5.43 Å². The van der Waals surface area contributed by atoms with Crippen molar-refractivity contribution in [2.45, 2.75) is 6.92 Å². The molecule has 0 saturated carbocycles. The molecule has 0 aliphatic rings. The molecule has 2 N–H and O–H groups in total. The Morgan fingerprint density at radius 2 is 1.88 bits per heavy atom. The van der Waals surface area contributed by atoms with Crippen molar-refractivity contribution in [1.29, 1.82) is 0 Å². The number of hydrogen-bond donors (Lipinski definition) is 2.